The average Bonchev–Trinajstić information content (AvgIpc) is 2.99. The van der Waals surface area contributed by atoms with Crippen molar-refractivity contribution in [1.29, 1.82) is 0 Å². The van der Waals surface area contributed by atoms with Crippen LogP contribution in [0.2, 0.25) is 0 Å². The summed E-state index contributed by atoms with van der Waals surface area (Å²) in [5.74, 6) is 0.425. The van der Waals surface area contributed by atoms with Crippen molar-refractivity contribution in [1.82, 2.24) is 4.90 Å². The lowest BCUT2D eigenvalue weighted by molar-refractivity contribution is -0.137. The van der Waals surface area contributed by atoms with Gasteiger partial charge in [-0.1, -0.05) is 18.2 Å². The SMILES string of the molecule is C=CCN(Cc1ccco1)C(=O)Cc1ccc(C(F)(F)F)cc1. The van der Waals surface area contributed by atoms with Gasteiger partial charge in [0.05, 0.1) is 24.8 Å². The lowest BCUT2D eigenvalue weighted by Gasteiger charge is -2.20. The first-order valence-electron chi connectivity index (χ1n) is 6.97. The molecule has 0 aliphatic carbocycles. The summed E-state index contributed by atoms with van der Waals surface area (Å²) < 4.78 is 42.8. The zero-order valence-electron chi connectivity index (χ0n) is 12.3. The quantitative estimate of drug-likeness (QED) is 0.751. The molecule has 0 bridgehead atoms. The van der Waals surface area contributed by atoms with Crippen LogP contribution in [0, 0.1) is 0 Å². The van der Waals surface area contributed by atoms with Crippen molar-refractivity contribution in [3.8, 4) is 0 Å². The molecule has 0 atom stereocenters. The molecule has 0 aliphatic heterocycles. The van der Waals surface area contributed by atoms with Gasteiger partial charge in [-0.2, -0.15) is 13.2 Å². The van der Waals surface area contributed by atoms with Gasteiger partial charge in [0.25, 0.3) is 0 Å². The van der Waals surface area contributed by atoms with Crippen molar-refractivity contribution < 1.29 is 22.4 Å². The first kappa shape index (κ1) is 16.9. The average molecular weight is 323 g/mol. The summed E-state index contributed by atoms with van der Waals surface area (Å²) in [7, 11) is 0. The first-order chi connectivity index (χ1) is 10.9. The second kappa shape index (κ2) is 7.17. The van der Waals surface area contributed by atoms with E-state index in [4.69, 9.17) is 4.42 Å². The summed E-state index contributed by atoms with van der Waals surface area (Å²) in [6, 6.07) is 8.07. The minimum absolute atomic E-state index is 0.0205. The van der Waals surface area contributed by atoms with Gasteiger partial charge >= 0.3 is 6.18 Å². The summed E-state index contributed by atoms with van der Waals surface area (Å²) >= 11 is 0. The van der Waals surface area contributed by atoms with Crippen LogP contribution >= 0.6 is 0 Å². The number of hydrogen-bond donors (Lipinski definition) is 0. The van der Waals surface area contributed by atoms with Gasteiger partial charge in [0.15, 0.2) is 0 Å². The maximum atomic E-state index is 12.5. The van der Waals surface area contributed by atoms with Crippen LogP contribution in [-0.4, -0.2) is 17.4 Å². The Kier molecular flexibility index (Phi) is 5.26. The fourth-order valence-electron chi connectivity index (χ4n) is 2.10. The predicted octanol–water partition coefficient (Wildman–Crippen LogP) is 4.06. The van der Waals surface area contributed by atoms with E-state index in [0.29, 0.717) is 24.4 Å². The molecule has 1 aromatic carbocycles. The molecule has 0 fully saturated rings. The van der Waals surface area contributed by atoms with Crippen molar-refractivity contribution in [2.24, 2.45) is 0 Å². The maximum absolute atomic E-state index is 12.5. The third-order valence-electron chi connectivity index (χ3n) is 3.27. The van der Waals surface area contributed by atoms with Crippen molar-refractivity contribution in [3.05, 3.63) is 72.2 Å². The molecule has 0 unspecified atom stereocenters. The maximum Gasteiger partial charge on any atom is 0.416 e. The van der Waals surface area contributed by atoms with Crippen LogP contribution in [0.25, 0.3) is 0 Å². The summed E-state index contributed by atoms with van der Waals surface area (Å²) in [4.78, 5) is 13.9. The van der Waals surface area contributed by atoms with E-state index in [0.717, 1.165) is 12.1 Å². The zero-order valence-corrected chi connectivity index (χ0v) is 12.3. The molecule has 0 radical (unpaired) electrons. The van der Waals surface area contributed by atoms with Gasteiger partial charge in [-0.25, -0.2) is 0 Å². The van der Waals surface area contributed by atoms with Gasteiger partial charge in [-0.05, 0) is 29.8 Å². The molecule has 0 saturated carbocycles. The monoisotopic (exact) mass is 323 g/mol. The smallest absolute Gasteiger partial charge is 0.416 e. The topological polar surface area (TPSA) is 33.5 Å². The van der Waals surface area contributed by atoms with Crippen LogP contribution in [-0.2, 0) is 23.9 Å². The highest BCUT2D eigenvalue weighted by atomic mass is 19.4. The van der Waals surface area contributed by atoms with Crippen LogP contribution in [0.1, 0.15) is 16.9 Å². The van der Waals surface area contributed by atoms with E-state index < -0.39 is 11.7 Å². The fraction of sp³-hybridized carbons (Fsp3) is 0.235. The fourth-order valence-corrected chi connectivity index (χ4v) is 2.10. The molecule has 1 amide bonds. The van der Waals surface area contributed by atoms with Gasteiger partial charge in [0.1, 0.15) is 5.76 Å². The molecule has 0 saturated heterocycles. The number of furan rings is 1. The highest BCUT2D eigenvalue weighted by Crippen LogP contribution is 2.29. The summed E-state index contributed by atoms with van der Waals surface area (Å²) in [6.07, 6.45) is -1.25. The van der Waals surface area contributed by atoms with E-state index in [1.807, 2.05) is 0 Å². The highest BCUT2D eigenvalue weighted by Gasteiger charge is 2.30. The van der Waals surface area contributed by atoms with Crippen LogP contribution in [0.4, 0.5) is 13.2 Å². The molecule has 1 aromatic heterocycles. The Morgan fingerprint density at radius 3 is 2.43 bits per heavy atom. The van der Waals surface area contributed by atoms with Gasteiger partial charge in [-0.3, -0.25) is 4.79 Å². The first-order valence-corrected chi connectivity index (χ1v) is 6.97. The second-order valence-corrected chi connectivity index (χ2v) is 5.01. The summed E-state index contributed by atoms with van der Waals surface area (Å²) in [6.45, 7) is 4.23. The van der Waals surface area contributed by atoms with Crippen LogP contribution in [0.5, 0.6) is 0 Å². The zero-order chi connectivity index (χ0) is 16.9. The molecule has 2 aromatic rings. The van der Waals surface area contributed by atoms with Crippen LogP contribution in [0.3, 0.4) is 0 Å². The Labute approximate surface area is 132 Å². The molecule has 6 heteroatoms. The number of alkyl halides is 3. The van der Waals surface area contributed by atoms with E-state index >= 15 is 0 Å². The number of benzene rings is 1. The minimum atomic E-state index is -4.38. The lowest BCUT2D eigenvalue weighted by Crippen LogP contribution is -2.31. The molecule has 1 heterocycles. The number of halogens is 3. The van der Waals surface area contributed by atoms with E-state index in [1.54, 1.807) is 18.2 Å². The van der Waals surface area contributed by atoms with Gasteiger partial charge in [-0.15, -0.1) is 6.58 Å². The largest absolute Gasteiger partial charge is 0.467 e. The van der Waals surface area contributed by atoms with Crippen molar-refractivity contribution in [2.45, 2.75) is 19.1 Å². The Morgan fingerprint density at radius 2 is 1.91 bits per heavy atom. The number of rotatable bonds is 6. The third-order valence-corrected chi connectivity index (χ3v) is 3.27. The number of nitrogens with zero attached hydrogens (tertiary/aromatic N) is 1. The van der Waals surface area contributed by atoms with E-state index in [1.165, 1.54) is 23.3 Å². The third kappa shape index (κ3) is 4.74. The van der Waals surface area contributed by atoms with Crippen LogP contribution in [0.15, 0.2) is 59.7 Å². The van der Waals surface area contributed by atoms with E-state index in [9.17, 15) is 18.0 Å². The molecular weight excluding hydrogens is 307 g/mol. The normalized spacial score (nSPS) is 11.3. The van der Waals surface area contributed by atoms with E-state index in [2.05, 4.69) is 6.58 Å². The van der Waals surface area contributed by atoms with Gasteiger partial charge in [0.2, 0.25) is 5.91 Å². The number of carbonyl (C=O) groups is 1. The molecule has 122 valence electrons. The molecule has 0 N–H and O–H groups in total. The van der Waals surface area contributed by atoms with E-state index in [-0.39, 0.29) is 12.3 Å². The molecular formula is C17H16F3NO2. The molecule has 3 nitrogen and oxygen atoms in total. The molecule has 0 aliphatic rings. The Bertz CT molecular complexity index is 645. The minimum Gasteiger partial charge on any atom is -0.467 e. The van der Waals surface area contributed by atoms with Gasteiger partial charge in [0, 0.05) is 6.54 Å². The number of hydrogen-bond acceptors (Lipinski definition) is 2. The predicted molar refractivity (Wildman–Crippen MR) is 79.5 cm³/mol. The molecule has 0 spiro atoms. The standard InChI is InChI=1S/C17H16F3NO2/c1-2-9-21(12-15-4-3-10-23-15)16(22)11-13-5-7-14(8-6-13)17(18,19)20/h2-8,10H,1,9,11-12H2. The number of carbonyl (C=O) groups excluding carboxylic acids is 1. The molecule has 23 heavy (non-hydrogen) atoms. The molecule has 2 rings (SSSR count). The van der Waals surface area contributed by atoms with Crippen molar-refractivity contribution in [2.75, 3.05) is 6.54 Å². The van der Waals surface area contributed by atoms with Crippen LogP contribution < -0.4 is 0 Å². The second-order valence-electron chi connectivity index (χ2n) is 5.01. The number of amides is 1. The Morgan fingerprint density at radius 1 is 1.22 bits per heavy atom. The highest BCUT2D eigenvalue weighted by molar-refractivity contribution is 5.78. The Balaban J connectivity index is 2.04. The Hall–Kier alpha value is -2.50. The van der Waals surface area contributed by atoms with Crippen molar-refractivity contribution in [3.63, 3.8) is 0 Å². The summed E-state index contributed by atoms with van der Waals surface area (Å²) in [5.41, 5.74) is -0.205. The van der Waals surface area contributed by atoms with Crippen molar-refractivity contribution >= 4 is 5.91 Å². The van der Waals surface area contributed by atoms with Gasteiger partial charge < -0.3 is 9.32 Å². The lowest BCUT2D eigenvalue weighted by atomic mass is 10.1. The summed E-state index contributed by atoms with van der Waals surface area (Å²) in [5, 5.41) is 0.